The lowest BCUT2D eigenvalue weighted by Gasteiger charge is -2.36. The molecule has 45 heavy (non-hydrogen) atoms. The summed E-state index contributed by atoms with van der Waals surface area (Å²) in [5, 5.41) is 22.5. The zero-order chi connectivity index (χ0) is 32.5. The molecule has 1 saturated carbocycles. The van der Waals surface area contributed by atoms with Gasteiger partial charge in [-0.25, -0.2) is 27.5 Å². The summed E-state index contributed by atoms with van der Waals surface area (Å²) in [7, 11) is 0. The molecule has 3 atom stereocenters. The highest BCUT2D eigenvalue weighted by molar-refractivity contribution is 6.31. The third kappa shape index (κ3) is 6.74. The Morgan fingerprint density at radius 3 is 2.44 bits per heavy atom. The first-order valence-corrected chi connectivity index (χ1v) is 14.2. The second-order valence-electron chi connectivity index (χ2n) is 10.7. The number of alkyl halides is 2. The van der Waals surface area contributed by atoms with Crippen molar-refractivity contribution in [1.82, 2.24) is 15.3 Å². The molecule has 2 aliphatic rings. The average molecular weight is 645 g/mol. The Hall–Kier alpha value is -4.61. The van der Waals surface area contributed by atoms with Crippen molar-refractivity contribution < 1.29 is 37.1 Å². The van der Waals surface area contributed by atoms with Gasteiger partial charge in [0.05, 0.1) is 5.69 Å². The third-order valence-electron chi connectivity index (χ3n) is 7.67. The number of anilines is 2. The molecule has 1 saturated heterocycles. The maximum atomic E-state index is 14.6. The number of aliphatic hydroxyl groups is 1. The first kappa shape index (κ1) is 31.8. The summed E-state index contributed by atoms with van der Waals surface area (Å²) in [6.07, 6.45) is -2.19. The zero-order valence-corrected chi connectivity index (χ0v) is 24.1. The van der Waals surface area contributed by atoms with E-state index >= 15 is 0 Å². The number of hydrogen-bond acceptors (Lipinski definition) is 7. The van der Waals surface area contributed by atoms with E-state index in [-0.39, 0.29) is 29.1 Å². The van der Waals surface area contributed by atoms with Crippen LogP contribution in [0.4, 0.5) is 29.2 Å². The number of aliphatic hydroxyl groups excluding tert-OH is 1. The summed E-state index contributed by atoms with van der Waals surface area (Å²) in [5.74, 6) is -8.45. The molecule has 0 spiro atoms. The van der Waals surface area contributed by atoms with Gasteiger partial charge in [-0.1, -0.05) is 29.8 Å². The van der Waals surface area contributed by atoms with Crippen LogP contribution in [0.15, 0.2) is 54.7 Å². The molecule has 15 heteroatoms. The van der Waals surface area contributed by atoms with E-state index < -0.39 is 90.4 Å². The Bertz CT molecular complexity index is 1660. The Kier molecular flexibility index (Phi) is 9.03. The summed E-state index contributed by atoms with van der Waals surface area (Å²) in [4.78, 5) is 51.1. The molecule has 234 valence electrons. The van der Waals surface area contributed by atoms with E-state index in [4.69, 9.17) is 11.6 Å². The summed E-state index contributed by atoms with van der Waals surface area (Å²) in [6.45, 7) is 0. The largest absolute Gasteiger partial charge is 0.383 e. The Balaban J connectivity index is 1.63. The number of carbonyl (C=O) groups is 3. The van der Waals surface area contributed by atoms with Crippen molar-refractivity contribution >= 4 is 41.0 Å². The van der Waals surface area contributed by atoms with Crippen LogP contribution in [0.5, 0.6) is 0 Å². The number of benzene rings is 2. The van der Waals surface area contributed by atoms with Crippen LogP contribution in [0.25, 0.3) is 0 Å². The molecule has 1 aromatic heterocycles. The summed E-state index contributed by atoms with van der Waals surface area (Å²) in [6, 6.07) is 7.00. The Labute approximate surface area is 259 Å². The van der Waals surface area contributed by atoms with Crippen LogP contribution < -0.4 is 15.1 Å². The molecule has 1 aliphatic heterocycles. The lowest BCUT2D eigenvalue weighted by molar-refractivity contribution is -0.128. The maximum Gasteiger partial charge on any atom is 0.259 e. The molecule has 2 heterocycles. The van der Waals surface area contributed by atoms with Crippen molar-refractivity contribution in [2.24, 2.45) is 0 Å². The number of amides is 3. The molecule has 2 aromatic carbocycles. The molecular formula is C30H25ClF4N6O4. The van der Waals surface area contributed by atoms with Crippen molar-refractivity contribution in [3.8, 4) is 6.07 Å². The lowest BCUT2D eigenvalue weighted by atomic mass is 9.91. The molecule has 5 rings (SSSR count). The van der Waals surface area contributed by atoms with E-state index in [0.29, 0.717) is 6.07 Å². The predicted molar refractivity (Wildman–Crippen MR) is 152 cm³/mol. The standard InChI is InChI=1S/C30H25ClF4N6O4/c31-22-4-2-1-3-21(22)25(26(43)38-18-5-8-30(34,35)9-6-18)40(20-12-16(32)11-17(33)13-20)27(44)23-14-24(42)28(45)41(23)29-37-10-7-19(15-36)39-29/h1-4,7,10-13,18,23-25,42H,5-6,8-9,14H2,(H,38,43)/t23?,24-,25+/m1/s1. The second kappa shape index (κ2) is 12.8. The van der Waals surface area contributed by atoms with Crippen molar-refractivity contribution in [1.29, 1.82) is 5.26 Å². The fraction of sp³-hybridized carbons (Fsp3) is 0.333. The SMILES string of the molecule is N#Cc1ccnc(N2C(=O)[C@H](O)CC2C(=O)N(c2cc(F)cc(F)c2)[C@H](C(=O)NC2CCC(F)(F)CC2)c2ccccc2Cl)n1. The van der Waals surface area contributed by atoms with Crippen LogP contribution in [0.1, 0.15) is 49.4 Å². The second-order valence-corrected chi connectivity index (χ2v) is 11.1. The van der Waals surface area contributed by atoms with Crippen molar-refractivity contribution in [3.05, 3.63) is 82.6 Å². The van der Waals surface area contributed by atoms with Crippen LogP contribution >= 0.6 is 11.6 Å². The van der Waals surface area contributed by atoms with Gasteiger partial charge in [-0.15, -0.1) is 0 Å². The highest BCUT2D eigenvalue weighted by Gasteiger charge is 2.49. The smallest absolute Gasteiger partial charge is 0.259 e. The normalized spacial score (nSPS) is 20.4. The van der Waals surface area contributed by atoms with Gasteiger partial charge in [0, 0.05) is 48.2 Å². The minimum atomic E-state index is -2.89. The number of rotatable bonds is 7. The lowest BCUT2D eigenvalue weighted by Crippen LogP contribution is -2.53. The molecule has 1 aliphatic carbocycles. The topological polar surface area (TPSA) is 140 Å². The van der Waals surface area contributed by atoms with E-state index in [1.54, 1.807) is 12.1 Å². The average Bonchev–Trinajstić information content (AvgIpc) is 3.30. The number of nitrogens with zero attached hydrogens (tertiary/aromatic N) is 5. The monoisotopic (exact) mass is 644 g/mol. The van der Waals surface area contributed by atoms with Gasteiger partial charge < -0.3 is 10.4 Å². The zero-order valence-electron chi connectivity index (χ0n) is 23.3. The van der Waals surface area contributed by atoms with E-state index in [2.05, 4.69) is 15.3 Å². The van der Waals surface area contributed by atoms with Gasteiger partial charge in [-0.05, 0) is 37.1 Å². The first-order valence-electron chi connectivity index (χ1n) is 13.8. The number of nitrogens with one attached hydrogen (secondary N) is 1. The fourth-order valence-corrected chi connectivity index (χ4v) is 5.75. The van der Waals surface area contributed by atoms with E-state index in [0.717, 1.165) is 28.1 Å². The van der Waals surface area contributed by atoms with Crippen molar-refractivity contribution in [2.45, 2.75) is 62.3 Å². The van der Waals surface area contributed by atoms with Gasteiger partial charge >= 0.3 is 0 Å². The Morgan fingerprint density at radius 2 is 1.80 bits per heavy atom. The molecule has 0 radical (unpaired) electrons. The van der Waals surface area contributed by atoms with Gasteiger partial charge in [-0.2, -0.15) is 5.26 Å². The number of aromatic nitrogens is 2. The Morgan fingerprint density at radius 1 is 1.13 bits per heavy atom. The van der Waals surface area contributed by atoms with E-state index in [1.807, 2.05) is 0 Å². The summed E-state index contributed by atoms with van der Waals surface area (Å²) in [5.41, 5.74) is -0.570. The predicted octanol–water partition coefficient (Wildman–Crippen LogP) is 4.21. The highest BCUT2D eigenvalue weighted by atomic mass is 35.5. The first-order chi connectivity index (χ1) is 21.4. The molecule has 3 aromatic rings. The number of nitriles is 1. The van der Waals surface area contributed by atoms with Crippen molar-refractivity contribution in [2.75, 3.05) is 9.80 Å². The maximum absolute atomic E-state index is 14.6. The molecule has 1 unspecified atom stereocenters. The highest BCUT2D eigenvalue weighted by Crippen LogP contribution is 2.38. The molecule has 2 N–H and O–H groups in total. The van der Waals surface area contributed by atoms with Crippen LogP contribution in [-0.2, 0) is 14.4 Å². The van der Waals surface area contributed by atoms with Gasteiger partial charge in [-0.3, -0.25) is 24.2 Å². The summed E-state index contributed by atoms with van der Waals surface area (Å²) < 4.78 is 57.0. The van der Waals surface area contributed by atoms with Gasteiger partial charge in [0.2, 0.25) is 17.8 Å². The van der Waals surface area contributed by atoms with Crippen LogP contribution in [0, 0.1) is 23.0 Å². The van der Waals surface area contributed by atoms with Crippen LogP contribution in [0.2, 0.25) is 5.02 Å². The minimum absolute atomic E-state index is 0.00746. The quantitative estimate of drug-likeness (QED) is 0.367. The molecule has 3 amide bonds. The van der Waals surface area contributed by atoms with E-state index in [1.165, 1.54) is 24.3 Å². The van der Waals surface area contributed by atoms with Gasteiger partial charge in [0.15, 0.2) is 0 Å². The molecular weight excluding hydrogens is 620 g/mol. The minimum Gasteiger partial charge on any atom is -0.383 e. The van der Waals surface area contributed by atoms with Crippen LogP contribution in [-0.4, -0.2) is 56.9 Å². The van der Waals surface area contributed by atoms with Crippen LogP contribution in [0.3, 0.4) is 0 Å². The number of carbonyl (C=O) groups excluding carboxylic acids is 3. The number of halogens is 5. The van der Waals surface area contributed by atoms with Gasteiger partial charge in [0.25, 0.3) is 11.8 Å². The molecule has 10 nitrogen and oxygen atoms in total. The fourth-order valence-electron chi connectivity index (χ4n) is 5.51. The molecule has 2 fully saturated rings. The molecule has 0 bridgehead atoms. The third-order valence-corrected chi connectivity index (χ3v) is 8.02. The van der Waals surface area contributed by atoms with Crippen molar-refractivity contribution in [3.63, 3.8) is 0 Å². The summed E-state index contributed by atoms with van der Waals surface area (Å²) >= 11 is 6.49. The number of hydrogen-bond donors (Lipinski definition) is 2. The van der Waals surface area contributed by atoms with Gasteiger partial charge in [0.1, 0.15) is 41.6 Å². The van der Waals surface area contributed by atoms with E-state index in [9.17, 15) is 42.3 Å².